The van der Waals surface area contributed by atoms with Gasteiger partial charge in [-0.2, -0.15) is 0 Å². The van der Waals surface area contributed by atoms with Crippen LogP contribution in [0.15, 0.2) is 41.9 Å². The van der Waals surface area contributed by atoms with Crippen LogP contribution in [0.5, 0.6) is 0 Å². The predicted molar refractivity (Wildman–Crippen MR) is 91.6 cm³/mol. The fraction of sp³-hybridized carbons (Fsp3) is 0. The van der Waals surface area contributed by atoms with E-state index in [1.807, 2.05) is 0 Å². The number of hydrogen-bond donors (Lipinski definition) is 2. The zero-order valence-electron chi connectivity index (χ0n) is 9.93. The molecule has 10 heteroatoms. The molecule has 0 atom stereocenters. The molecular formula is C11H6Br3NO4S2. The summed E-state index contributed by atoms with van der Waals surface area (Å²) in [6.07, 6.45) is 0. The molecule has 0 aliphatic rings. The summed E-state index contributed by atoms with van der Waals surface area (Å²) in [6, 6.07) is 6.24. The van der Waals surface area contributed by atoms with Crippen LogP contribution in [0.1, 0.15) is 9.67 Å². The van der Waals surface area contributed by atoms with Crippen LogP contribution in [0.3, 0.4) is 0 Å². The van der Waals surface area contributed by atoms with Crippen LogP contribution in [-0.4, -0.2) is 19.5 Å². The number of sulfonamides is 1. The highest BCUT2D eigenvalue weighted by Crippen LogP contribution is 2.36. The van der Waals surface area contributed by atoms with Crippen LogP contribution in [0, 0.1) is 0 Å². The van der Waals surface area contributed by atoms with E-state index in [1.54, 1.807) is 18.2 Å². The minimum atomic E-state index is -3.91. The van der Waals surface area contributed by atoms with Crippen LogP contribution in [-0.2, 0) is 10.0 Å². The Balaban J connectivity index is 2.46. The van der Waals surface area contributed by atoms with Gasteiger partial charge in [0.1, 0.15) is 9.77 Å². The Morgan fingerprint density at radius 1 is 1.19 bits per heavy atom. The maximum absolute atomic E-state index is 12.4. The van der Waals surface area contributed by atoms with E-state index in [4.69, 9.17) is 5.11 Å². The maximum Gasteiger partial charge on any atom is 0.345 e. The molecule has 1 heterocycles. The third-order valence-electron chi connectivity index (χ3n) is 2.35. The lowest BCUT2D eigenvalue weighted by Gasteiger charge is -2.10. The smallest absolute Gasteiger partial charge is 0.345 e. The molecule has 2 aromatic rings. The van der Waals surface area contributed by atoms with Crippen molar-refractivity contribution in [3.05, 3.63) is 41.9 Å². The van der Waals surface area contributed by atoms with E-state index in [9.17, 15) is 13.2 Å². The standard InChI is InChI=1S/C11H6Br3NO4S2/c12-5-2-1-3-6(13)9(5)15-21(18,19)8-4-7(11(16)17)20-10(8)14/h1-4,15H,(H,16,17). The zero-order valence-corrected chi connectivity index (χ0v) is 16.3. The molecule has 0 saturated heterocycles. The van der Waals surface area contributed by atoms with Crippen molar-refractivity contribution in [1.29, 1.82) is 0 Å². The molecule has 0 bridgehead atoms. The zero-order chi connectivity index (χ0) is 15.8. The normalized spacial score (nSPS) is 11.4. The summed E-state index contributed by atoms with van der Waals surface area (Å²) in [5.41, 5.74) is 0.340. The van der Waals surface area contributed by atoms with E-state index in [1.165, 1.54) is 0 Å². The Hall–Kier alpha value is -0.420. The average Bonchev–Trinajstić information content (AvgIpc) is 2.77. The Morgan fingerprint density at radius 2 is 1.76 bits per heavy atom. The molecule has 2 rings (SSSR count). The minimum absolute atomic E-state index is 0.0616. The van der Waals surface area contributed by atoms with Gasteiger partial charge in [-0.05, 0) is 66.0 Å². The van der Waals surface area contributed by atoms with Gasteiger partial charge in [0.25, 0.3) is 10.0 Å². The second kappa shape index (κ2) is 6.37. The summed E-state index contributed by atoms with van der Waals surface area (Å²) in [4.78, 5) is 10.7. The summed E-state index contributed by atoms with van der Waals surface area (Å²) in [6.45, 7) is 0. The highest BCUT2D eigenvalue weighted by atomic mass is 79.9. The molecule has 1 aromatic carbocycles. The molecule has 0 spiro atoms. The Bertz CT molecular complexity index is 797. The lowest BCUT2D eigenvalue weighted by molar-refractivity contribution is 0.0702. The van der Waals surface area contributed by atoms with Gasteiger partial charge in [0.2, 0.25) is 0 Å². The number of halogens is 3. The van der Waals surface area contributed by atoms with Gasteiger partial charge in [-0.25, -0.2) is 13.2 Å². The lowest BCUT2D eigenvalue weighted by Crippen LogP contribution is -2.13. The number of rotatable bonds is 4. The molecular weight excluding hydrogens is 514 g/mol. The van der Waals surface area contributed by atoms with Gasteiger partial charge in [0, 0.05) is 8.95 Å². The molecule has 112 valence electrons. The molecule has 0 aliphatic carbocycles. The number of carbonyl (C=O) groups is 1. The van der Waals surface area contributed by atoms with Crippen molar-refractivity contribution in [2.24, 2.45) is 0 Å². The largest absolute Gasteiger partial charge is 0.477 e. The maximum atomic E-state index is 12.4. The van der Waals surface area contributed by atoms with Crippen molar-refractivity contribution in [2.75, 3.05) is 4.72 Å². The average molecular weight is 520 g/mol. The highest BCUT2D eigenvalue weighted by molar-refractivity contribution is 9.11. The van der Waals surface area contributed by atoms with Crippen LogP contribution in [0.2, 0.25) is 0 Å². The monoisotopic (exact) mass is 517 g/mol. The Labute approximate surface area is 149 Å². The molecule has 0 fully saturated rings. The number of carboxylic acids is 1. The van der Waals surface area contributed by atoms with Gasteiger partial charge in [-0.1, -0.05) is 6.07 Å². The van der Waals surface area contributed by atoms with Gasteiger partial charge < -0.3 is 5.11 Å². The van der Waals surface area contributed by atoms with E-state index < -0.39 is 16.0 Å². The van der Waals surface area contributed by atoms with Crippen molar-refractivity contribution in [3.8, 4) is 0 Å². The van der Waals surface area contributed by atoms with E-state index >= 15 is 0 Å². The lowest BCUT2D eigenvalue weighted by atomic mass is 10.3. The number of aromatic carboxylic acids is 1. The van der Waals surface area contributed by atoms with Gasteiger partial charge in [-0.3, -0.25) is 4.72 Å². The van der Waals surface area contributed by atoms with Crippen LogP contribution < -0.4 is 4.72 Å². The van der Waals surface area contributed by atoms with E-state index in [2.05, 4.69) is 52.5 Å². The topological polar surface area (TPSA) is 83.5 Å². The summed E-state index contributed by atoms with van der Waals surface area (Å²) >= 11 is 10.4. The first-order valence-electron chi connectivity index (χ1n) is 5.22. The predicted octanol–water partition coefficient (Wildman–Crippen LogP) is 4.53. The number of benzene rings is 1. The van der Waals surface area contributed by atoms with Crippen molar-refractivity contribution in [2.45, 2.75) is 4.90 Å². The number of nitrogens with one attached hydrogen (secondary N) is 1. The molecule has 5 nitrogen and oxygen atoms in total. The van der Waals surface area contributed by atoms with E-state index in [0.717, 1.165) is 17.4 Å². The number of para-hydroxylation sites is 1. The van der Waals surface area contributed by atoms with Crippen molar-refractivity contribution < 1.29 is 18.3 Å². The van der Waals surface area contributed by atoms with Gasteiger partial charge >= 0.3 is 5.97 Å². The van der Waals surface area contributed by atoms with Gasteiger partial charge in [0.15, 0.2) is 0 Å². The molecule has 2 N–H and O–H groups in total. The number of thiophene rings is 1. The van der Waals surface area contributed by atoms with Gasteiger partial charge in [-0.15, -0.1) is 11.3 Å². The molecule has 0 radical (unpaired) electrons. The van der Waals surface area contributed by atoms with Crippen molar-refractivity contribution in [1.82, 2.24) is 0 Å². The molecule has 0 aliphatic heterocycles. The summed E-state index contributed by atoms with van der Waals surface area (Å²) < 4.78 is 28.6. The quantitative estimate of drug-likeness (QED) is 0.621. The summed E-state index contributed by atoms with van der Waals surface area (Å²) in [7, 11) is -3.91. The Morgan fingerprint density at radius 3 is 2.24 bits per heavy atom. The fourth-order valence-electron chi connectivity index (χ4n) is 1.43. The summed E-state index contributed by atoms with van der Waals surface area (Å²) in [5, 5.41) is 8.93. The van der Waals surface area contributed by atoms with Crippen LogP contribution in [0.25, 0.3) is 0 Å². The second-order valence-corrected chi connectivity index (χ2v) is 9.49. The first-order valence-corrected chi connectivity index (χ1v) is 9.89. The third kappa shape index (κ3) is 3.67. The third-order valence-corrected chi connectivity index (χ3v) is 7.27. The number of carboxylic acid groups (broad SMARTS) is 1. The molecule has 0 unspecified atom stereocenters. The van der Waals surface area contributed by atoms with Crippen LogP contribution >= 0.6 is 59.1 Å². The first-order chi connectivity index (χ1) is 9.72. The van der Waals surface area contributed by atoms with E-state index in [-0.39, 0.29) is 13.6 Å². The molecule has 0 saturated carbocycles. The first kappa shape index (κ1) is 16.9. The Kier molecular flexibility index (Phi) is 5.14. The minimum Gasteiger partial charge on any atom is -0.477 e. The number of anilines is 1. The molecule has 1 aromatic heterocycles. The highest BCUT2D eigenvalue weighted by Gasteiger charge is 2.24. The fourth-order valence-corrected chi connectivity index (χ4v) is 6.39. The van der Waals surface area contributed by atoms with Gasteiger partial charge in [0.05, 0.1) is 9.47 Å². The SMILES string of the molecule is O=C(O)c1cc(S(=O)(=O)Nc2c(Br)cccc2Br)c(Br)s1. The molecule has 21 heavy (non-hydrogen) atoms. The van der Waals surface area contributed by atoms with Crippen LogP contribution in [0.4, 0.5) is 5.69 Å². The molecule has 0 amide bonds. The second-order valence-electron chi connectivity index (χ2n) is 3.76. The summed E-state index contributed by atoms with van der Waals surface area (Å²) in [5.74, 6) is -1.18. The van der Waals surface area contributed by atoms with Crippen molar-refractivity contribution >= 4 is 80.8 Å². The van der Waals surface area contributed by atoms with E-state index in [0.29, 0.717) is 14.6 Å². The van der Waals surface area contributed by atoms with Crippen molar-refractivity contribution in [3.63, 3.8) is 0 Å². The number of hydrogen-bond acceptors (Lipinski definition) is 4.